The Morgan fingerprint density at radius 2 is 1.73 bits per heavy atom. The van der Waals surface area contributed by atoms with Gasteiger partial charge in [-0.05, 0) is 60.3 Å². The number of amides is 2. The van der Waals surface area contributed by atoms with Gasteiger partial charge in [0.25, 0.3) is 0 Å². The zero-order chi connectivity index (χ0) is 23.0. The minimum absolute atomic E-state index is 0.0731. The number of rotatable bonds is 6. The van der Waals surface area contributed by atoms with E-state index >= 15 is 0 Å². The molecule has 1 atom stereocenters. The summed E-state index contributed by atoms with van der Waals surface area (Å²) in [4.78, 5) is 18.8. The molecule has 0 aliphatic carbocycles. The predicted molar refractivity (Wildman–Crippen MR) is 134 cm³/mol. The van der Waals surface area contributed by atoms with Crippen LogP contribution in [0, 0.1) is 5.92 Å². The Kier molecular flexibility index (Phi) is 7.37. The van der Waals surface area contributed by atoms with Gasteiger partial charge in [-0.1, -0.05) is 54.6 Å². The zero-order valence-corrected chi connectivity index (χ0v) is 18.9. The third-order valence-corrected chi connectivity index (χ3v) is 5.96. The molecule has 1 saturated heterocycles. The highest BCUT2D eigenvalue weighted by molar-refractivity contribution is 6.00. The molecular formula is C27H30N4O2. The first kappa shape index (κ1) is 22.6. The van der Waals surface area contributed by atoms with Gasteiger partial charge in [0, 0.05) is 24.7 Å². The number of nitrogens with two attached hydrogens (primary N) is 1. The van der Waals surface area contributed by atoms with Gasteiger partial charge >= 0.3 is 6.03 Å². The molecule has 33 heavy (non-hydrogen) atoms. The van der Waals surface area contributed by atoms with Gasteiger partial charge in [0.1, 0.15) is 11.6 Å². The third-order valence-electron chi connectivity index (χ3n) is 5.96. The number of piperidine rings is 1. The molecule has 0 aromatic heterocycles. The number of urea groups is 1. The van der Waals surface area contributed by atoms with Crippen LogP contribution in [0.5, 0.6) is 5.75 Å². The van der Waals surface area contributed by atoms with E-state index in [9.17, 15) is 4.79 Å². The maximum Gasteiger partial charge on any atom is 0.347 e. The Labute approximate surface area is 195 Å². The van der Waals surface area contributed by atoms with Crippen molar-refractivity contribution in [3.63, 3.8) is 0 Å². The van der Waals surface area contributed by atoms with E-state index < -0.39 is 6.03 Å². The molecule has 3 aromatic carbocycles. The fourth-order valence-electron chi connectivity index (χ4n) is 4.17. The number of hydrogen-bond donors (Lipinski definition) is 2. The lowest BCUT2D eigenvalue weighted by molar-refractivity contribution is 0.196. The van der Waals surface area contributed by atoms with E-state index in [2.05, 4.69) is 63.7 Å². The third kappa shape index (κ3) is 6.20. The van der Waals surface area contributed by atoms with Crippen molar-refractivity contribution >= 4 is 17.6 Å². The second-order valence-electron chi connectivity index (χ2n) is 8.33. The number of likely N-dealkylation sites (tertiary alicyclic amines) is 1. The normalized spacial score (nSPS) is 16.9. The number of methoxy groups -OCH3 is 1. The van der Waals surface area contributed by atoms with E-state index in [0.29, 0.717) is 11.5 Å². The topological polar surface area (TPSA) is 79.9 Å². The van der Waals surface area contributed by atoms with Gasteiger partial charge in [-0.3, -0.25) is 4.90 Å². The summed E-state index contributed by atoms with van der Waals surface area (Å²) in [7, 11) is 1.60. The van der Waals surface area contributed by atoms with Gasteiger partial charge in [0.05, 0.1) is 7.11 Å². The van der Waals surface area contributed by atoms with Crippen LogP contribution in [-0.2, 0) is 6.54 Å². The standard InChI is InChI=1S/C27H30N4O2/c1-33-25-15-13-24(14-16-25)29-27(32)30-26(28)23-8-5-17-31(19-23)18-20-9-11-22(12-10-20)21-6-3-2-4-7-21/h2-4,6-7,9-16,23H,5,8,17-19H2,1H3,(H3,28,29,30,32). The SMILES string of the molecule is COc1ccc(NC(=O)/N=C(\N)C2CCCN(Cc3ccc(-c4ccccc4)cc3)C2)cc1. The maximum atomic E-state index is 12.3. The number of nitrogens with zero attached hydrogens (tertiary/aromatic N) is 2. The summed E-state index contributed by atoms with van der Waals surface area (Å²) in [6.45, 7) is 2.67. The first-order valence-corrected chi connectivity index (χ1v) is 11.3. The number of aliphatic imine (C=N–C) groups is 1. The molecule has 1 unspecified atom stereocenters. The quantitative estimate of drug-likeness (QED) is 0.408. The molecule has 1 fully saturated rings. The van der Waals surface area contributed by atoms with Crippen molar-refractivity contribution in [2.45, 2.75) is 19.4 Å². The van der Waals surface area contributed by atoms with E-state index in [1.807, 2.05) is 6.07 Å². The minimum Gasteiger partial charge on any atom is -0.497 e. The molecule has 4 rings (SSSR count). The second-order valence-corrected chi connectivity index (χ2v) is 8.33. The Morgan fingerprint density at radius 3 is 2.42 bits per heavy atom. The number of nitrogens with one attached hydrogen (secondary N) is 1. The van der Waals surface area contributed by atoms with Crippen molar-refractivity contribution in [2.24, 2.45) is 16.6 Å². The van der Waals surface area contributed by atoms with Gasteiger partial charge in [-0.15, -0.1) is 0 Å². The van der Waals surface area contributed by atoms with Gasteiger partial charge in [0.15, 0.2) is 0 Å². The summed E-state index contributed by atoms with van der Waals surface area (Å²) in [5.41, 5.74) is 10.6. The molecule has 0 radical (unpaired) electrons. The van der Waals surface area contributed by atoms with E-state index in [0.717, 1.165) is 38.2 Å². The molecule has 3 N–H and O–H groups in total. The van der Waals surface area contributed by atoms with E-state index in [1.165, 1.54) is 16.7 Å². The van der Waals surface area contributed by atoms with Crippen molar-refractivity contribution in [1.82, 2.24) is 4.90 Å². The summed E-state index contributed by atoms with van der Waals surface area (Å²) in [5, 5.41) is 2.76. The number of carbonyl (C=O) groups is 1. The lowest BCUT2D eigenvalue weighted by Gasteiger charge is -2.32. The van der Waals surface area contributed by atoms with Crippen LogP contribution >= 0.6 is 0 Å². The summed E-state index contributed by atoms with van der Waals surface area (Å²) in [6, 6.07) is 25.8. The molecule has 0 saturated carbocycles. The van der Waals surface area contributed by atoms with Crippen molar-refractivity contribution in [2.75, 3.05) is 25.5 Å². The summed E-state index contributed by atoms with van der Waals surface area (Å²) < 4.78 is 5.13. The highest BCUT2D eigenvalue weighted by atomic mass is 16.5. The average molecular weight is 443 g/mol. The molecule has 0 bridgehead atoms. The van der Waals surface area contributed by atoms with Gasteiger partial charge in [-0.2, -0.15) is 4.99 Å². The van der Waals surface area contributed by atoms with Crippen molar-refractivity contribution < 1.29 is 9.53 Å². The molecular weight excluding hydrogens is 412 g/mol. The number of amidine groups is 1. The summed E-state index contributed by atoms with van der Waals surface area (Å²) >= 11 is 0. The second kappa shape index (κ2) is 10.8. The molecule has 2 amide bonds. The fourth-order valence-corrected chi connectivity index (χ4v) is 4.17. The Balaban J connectivity index is 1.33. The molecule has 1 heterocycles. The number of hydrogen-bond acceptors (Lipinski definition) is 3. The molecule has 6 heteroatoms. The average Bonchev–Trinajstić information content (AvgIpc) is 2.85. The van der Waals surface area contributed by atoms with Crippen LogP contribution in [0.2, 0.25) is 0 Å². The number of carbonyl (C=O) groups excluding carboxylic acids is 1. The minimum atomic E-state index is -0.453. The van der Waals surface area contributed by atoms with Crippen LogP contribution < -0.4 is 15.8 Å². The molecule has 1 aliphatic heterocycles. The van der Waals surface area contributed by atoms with E-state index in [1.54, 1.807) is 31.4 Å². The van der Waals surface area contributed by atoms with Crippen LogP contribution in [-0.4, -0.2) is 37.0 Å². The predicted octanol–water partition coefficient (Wildman–Crippen LogP) is 5.16. The van der Waals surface area contributed by atoms with Crippen LogP contribution in [0.4, 0.5) is 10.5 Å². The molecule has 6 nitrogen and oxygen atoms in total. The highest BCUT2D eigenvalue weighted by Crippen LogP contribution is 2.22. The largest absolute Gasteiger partial charge is 0.497 e. The Bertz CT molecular complexity index is 1080. The van der Waals surface area contributed by atoms with E-state index in [4.69, 9.17) is 10.5 Å². The summed E-state index contributed by atoms with van der Waals surface area (Å²) in [5.74, 6) is 1.20. The van der Waals surface area contributed by atoms with Crippen molar-refractivity contribution in [3.8, 4) is 16.9 Å². The van der Waals surface area contributed by atoms with Crippen LogP contribution in [0.1, 0.15) is 18.4 Å². The van der Waals surface area contributed by atoms with E-state index in [-0.39, 0.29) is 5.92 Å². The molecule has 1 aliphatic rings. The molecule has 0 spiro atoms. The lowest BCUT2D eigenvalue weighted by atomic mass is 9.96. The smallest absolute Gasteiger partial charge is 0.347 e. The monoisotopic (exact) mass is 442 g/mol. The molecule has 3 aromatic rings. The first-order valence-electron chi connectivity index (χ1n) is 11.3. The highest BCUT2D eigenvalue weighted by Gasteiger charge is 2.23. The number of ether oxygens (including phenoxy) is 1. The lowest BCUT2D eigenvalue weighted by Crippen LogP contribution is -2.41. The summed E-state index contributed by atoms with van der Waals surface area (Å²) in [6.07, 6.45) is 1.97. The number of anilines is 1. The van der Waals surface area contributed by atoms with Crippen LogP contribution in [0.25, 0.3) is 11.1 Å². The Hall–Kier alpha value is -3.64. The number of benzene rings is 3. The zero-order valence-electron chi connectivity index (χ0n) is 18.9. The van der Waals surface area contributed by atoms with Crippen molar-refractivity contribution in [1.29, 1.82) is 0 Å². The fraction of sp³-hybridized carbons (Fsp3) is 0.259. The van der Waals surface area contributed by atoms with Gasteiger partial charge in [-0.25, -0.2) is 4.79 Å². The first-order chi connectivity index (χ1) is 16.1. The molecule has 170 valence electrons. The Morgan fingerprint density at radius 1 is 1.03 bits per heavy atom. The van der Waals surface area contributed by atoms with Crippen LogP contribution in [0.15, 0.2) is 83.9 Å². The maximum absolute atomic E-state index is 12.3. The van der Waals surface area contributed by atoms with Gasteiger partial charge in [0.2, 0.25) is 0 Å². The van der Waals surface area contributed by atoms with Crippen LogP contribution in [0.3, 0.4) is 0 Å². The van der Waals surface area contributed by atoms with Gasteiger partial charge < -0.3 is 15.8 Å². The van der Waals surface area contributed by atoms with Crippen molar-refractivity contribution in [3.05, 3.63) is 84.4 Å².